The maximum Gasteiger partial charge on any atom is 0.335 e. The van der Waals surface area contributed by atoms with E-state index in [4.69, 9.17) is 16.7 Å². The number of anilines is 2. The van der Waals surface area contributed by atoms with Gasteiger partial charge in [-0.3, -0.25) is 0 Å². The number of nitrogens with zero attached hydrogens (tertiary/aromatic N) is 1. The molecule has 18 heavy (non-hydrogen) atoms. The Morgan fingerprint density at radius 2 is 1.94 bits per heavy atom. The topological polar surface area (TPSA) is 62.2 Å². The second-order valence-electron chi connectivity index (χ2n) is 3.82. The maximum absolute atomic E-state index is 10.9. The Morgan fingerprint density at radius 1 is 1.28 bits per heavy atom. The molecule has 2 aromatic rings. The van der Waals surface area contributed by atoms with Crippen LogP contribution < -0.4 is 5.32 Å². The van der Waals surface area contributed by atoms with Gasteiger partial charge in [-0.05, 0) is 43.3 Å². The second-order valence-corrected chi connectivity index (χ2v) is 4.26. The molecule has 0 amide bonds. The minimum absolute atomic E-state index is 0.207. The smallest absolute Gasteiger partial charge is 0.335 e. The molecule has 5 heteroatoms. The van der Waals surface area contributed by atoms with Crippen molar-refractivity contribution in [2.24, 2.45) is 0 Å². The van der Waals surface area contributed by atoms with Crippen molar-refractivity contribution in [2.75, 3.05) is 5.32 Å². The van der Waals surface area contributed by atoms with E-state index in [9.17, 15) is 4.79 Å². The Morgan fingerprint density at radius 3 is 2.56 bits per heavy atom. The molecule has 0 radical (unpaired) electrons. The Balaban J connectivity index is 2.28. The lowest BCUT2D eigenvalue weighted by molar-refractivity contribution is 0.0696. The lowest BCUT2D eigenvalue weighted by atomic mass is 10.2. The van der Waals surface area contributed by atoms with E-state index >= 15 is 0 Å². The van der Waals surface area contributed by atoms with Gasteiger partial charge in [-0.2, -0.15) is 0 Å². The highest BCUT2D eigenvalue weighted by atomic mass is 35.5. The van der Waals surface area contributed by atoms with Crippen LogP contribution in [0, 0.1) is 6.92 Å². The molecule has 0 fully saturated rings. The summed E-state index contributed by atoms with van der Waals surface area (Å²) < 4.78 is 0. The van der Waals surface area contributed by atoms with Gasteiger partial charge in [0.2, 0.25) is 0 Å². The highest BCUT2D eigenvalue weighted by Crippen LogP contribution is 2.19. The Bertz CT molecular complexity index is 582. The Kier molecular flexibility index (Phi) is 3.48. The normalized spacial score (nSPS) is 10.1. The van der Waals surface area contributed by atoms with E-state index in [1.807, 2.05) is 0 Å². The molecule has 0 bridgehead atoms. The molecule has 2 N–H and O–H groups in total. The summed E-state index contributed by atoms with van der Waals surface area (Å²) in [5, 5.41) is 12.6. The van der Waals surface area contributed by atoms with Crippen LogP contribution in [0.25, 0.3) is 0 Å². The zero-order valence-corrected chi connectivity index (χ0v) is 10.4. The first kappa shape index (κ1) is 12.4. The summed E-state index contributed by atoms with van der Waals surface area (Å²) in [6.07, 6.45) is 0. The molecule has 1 heterocycles. The summed E-state index contributed by atoms with van der Waals surface area (Å²) in [4.78, 5) is 15.2. The van der Waals surface area contributed by atoms with E-state index in [-0.39, 0.29) is 5.56 Å². The van der Waals surface area contributed by atoms with Crippen molar-refractivity contribution in [3.8, 4) is 0 Å². The molecule has 1 aromatic carbocycles. The summed E-state index contributed by atoms with van der Waals surface area (Å²) in [5.74, 6) is -0.477. The summed E-state index contributed by atoms with van der Waals surface area (Å²) in [7, 11) is 0. The Labute approximate surface area is 109 Å². The van der Waals surface area contributed by atoms with Gasteiger partial charge in [0, 0.05) is 16.4 Å². The number of pyridine rings is 1. The molecule has 0 aliphatic rings. The van der Waals surface area contributed by atoms with Crippen LogP contribution in [0.2, 0.25) is 5.02 Å². The molecule has 0 saturated heterocycles. The van der Waals surface area contributed by atoms with Gasteiger partial charge in [0.15, 0.2) is 0 Å². The Hall–Kier alpha value is -2.07. The number of benzene rings is 1. The fraction of sp³-hybridized carbons (Fsp3) is 0.0769. The van der Waals surface area contributed by atoms with Crippen LogP contribution in [0.15, 0.2) is 36.4 Å². The third kappa shape index (κ3) is 2.99. The second kappa shape index (κ2) is 5.06. The first-order chi connectivity index (χ1) is 8.54. The van der Waals surface area contributed by atoms with Crippen molar-refractivity contribution < 1.29 is 9.90 Å². The van der Waals surface area contributed by atoms with Crippen LogP contribution in [-0.2, 0) is 0 Å². The fourth-order valence-corrected chi connectivity index (χ4v) is 1.66. The summed E-state index contributed by atoms with van der Waals surface area (Å²) in [6, 6.07) is 10.1. The lowest BCUT2D eigenvalue weighted by Gasteiger charge is -2.07. The molecule has 0 spiro atoms. The fourth-order valence-electron chi connectivity index (χ4n) is 1.54. The molecule has 4 nitrogen and oxygen atoms in total. The monoisotopic (exact) mass is 262 g/mol. The molecular formula is C13H11ClN2O2. The molecule has 0 saturated carbocycles. The highest BCUT2D eigenvalue weighted by molar-refractivity contribution is 6.30. The van der Waals surface area contributed by atoms with Crippen molar-refractivity contribution in [1.82, 2.24) is 4.98 Å². The number of carbonyl (C=O) groups is 1. The minimum atomic E-state index is -0.973. The third-order valence-electron chi connectivity index (χ3n) is 2.32. The van der Waals surface area contributed by atoms with E-state index < -0.39 is 5.97 Å². The van der Waals surface area contributed by atoms with Gasteiger partial charge in [0.25, 0.3) is 0 Å². The average Bonchev–Trinajstić information content (AvgIpc) is 2.31. The van der Waals surface area contributed by atoms with Crippen molar-refractivity contribution in [3.63, 3.8) is 0 Å². The van der Waals surface area contributed by atoms with Crippen LogP contribution in [0.4, 0.5) is 11.5 Å². The molecule has 1 aromatic heterocycles. The van der Waals surface area contributed by atoms with Gasteiger partial charge in [-0.1, -0.05) is 11.6 Å². The van der Waals surface area contributed by atoms with Gasteiger partial charge in [-0.15, -0.1) is 0 Å². The van der Waals surface area contributed by atoms with E-state index in [2.05, 4.69) is 10.3 Å². The average molecular weight is 263 g/mol. The van der Waals surface area contributed by atoms with Crippen LogP contribution in [-0.4, -0.2) is 16.1 Å². The molecule has 0 unspecified atom stereocenters. The number of aromatic nitrogens is 1. The van der Waals surface area contributed by atoms with Crippen LogP contribution in [0.3, 0.4) is 0 Å². The highest BCUT2D eigenvalue weighted by Gasteiger charge is 2.06. The number of aromatic carboxylic acids is 1. The number of hydrogen-bond acceptors (Lipinski definition) is 3. The molecular weight excluding hydrogens is 252 g/mol. The quantitative estimate of drug-likeness (QED) is 0.889. The minimum Gasteiger partial charge on any atom is -0.478 e. The number of hydrogen-bond donors (Lipinski definition) is 2. The molecule has 0 aliphatic carbocycles. The number of carboxylic acid groups (broad SMARTS) is 1. The van der Waals surface area contributed by atoms with Crippen LogP contribution in [0.5, 0.6) is 0 Å². The zero-order chi connectivity index (χ0) is 13.1. The van der Waals surface area contributed by atoms with Crippen molar-refractivity contribution >= 4 is 29.1 Å². The first-order valence-corrected chi connectivity index (χ1v) is 5.67. The van der Waals surface area contributed by atoms with E-state index in [0.29, 0.717) is 16.5 Å². The number of halogens is 1. The lowest BCUT2D eigenvalue weighted by Crippen LogP contribution is -2.01. The van der Waals surface area contributed by atoms with Gasteiger partial charge < -0.3 is 10.4 Å². The summed E-state index contributed by atoms with van der Waals surface area (Å²) in [6.45, 7) is 1.75. The molecule has 92 valence electrons. The maximum atomic E-state index is 10.9. The van der Waals surface area contributed by atoms with Gasteiger partial charge in [0.05, 0.1) is 5.56 Å². The zero-order valence-electron chi connectivity index (χ0n) is 9.64. The molecule has 2 rings (SSSR count). The molecule has 0 aliphatic heterocycles. The van der Waals surface area contributed by atoms with Gasteiger partial charge in [0.1, 0.15) is 5.82 Å². The van der Waals surface area contributed by atoms with Gasteiger partial charge >= 0.3 is 5.97 Å². The third-order valence-corrected chi connectivity index (χ3v) is 2.57. The van der Waals surface area contributed by atoms with E-state index in [0.717, 1.165) is 5.69 Å². The van der Waals surface area contributed by atoms with Crippen molar-refractivity contribution in [2.45, 2.75) is 6.92 Å². The number of carboxylic acids is 1. The number of rotatable bonds is 3. The first-order valence-electron chi connectivity index (χ1n) is 5.29. The van der Waals surface area contributed by atoms with Crippen molar-refractivity contribution in [3.05, 3.63) is 52.7 Å². The molecule has 0 atom stereocenters. The predicted octanol–water partition coefficient (Wildman–Crippen LogP) is 3.49. The largest absolute Gasteiger partial charge is 0.478 e. The standard InChI is InChI=1S/C13H11ClN2O2/c1-8-6-9(13(17)18)7-12(15-8)16-11-4-2-10(14)3-5-11/h2-7H,1H3,(H,15,16)(H,17,18). The SMILES string of the molecule is Cc1cc(C(=O)O)cc(Nc2ccc(Cl)cc2)n1. The van der Waals surface area contributed by atoms with Crippen LogP contribution in [0.1, 0.15) is 16.1 Å². The summed E-state index contributed by atoms with van der Waals surface area (Å²) >= 11 is 5.79. The number of nitrogens with one attached hydrogen (secondary N) is 1. The summed E-state index contributed by atoms with van der Waals surface area (Å²) in [5.41, 5.74) is 1.65. The number of aryl methyl sites for hydroxylation is 1. The van der Waals surface area contributed by atoms with Crippen LogP contribution >= 0.6 is 11.6 Å². The van der Waals surface area contributed by atoms with Crippen molar-refractivity contribution in [1.29, 1.82) is 0 Å². The van der Waals surface area contributed by atoms with E-state index in [1.165, 1.54) is 12.1 Å². The van der Waals surface area contributed by atoms with E-state index in [1.54, 1.807) is 31.2 Å². The predicted molar refractivity (Wildman–Crippen MR) is 70.7 cm³/mol. The van der Waals surface area contributed by atoms with Gasteiger partial charge in [-0.25, -0.2) is 9.78 Å².